The predicted molar refractivity (Wildman–Crippen MR) is 79.3 cm³/mol. The molecule has 2 rings (SSSR count). The van der Waals surface area contributed by atoms with Gasteiger partial charge in [-0.05, 0) is 24.8 Å². The van der Waals surface area contributed by atoms with Crippen molar-refractivity contribution in [2.75, 3.05) is 19.7 Å². The Bertz CT molecular complexity index is 388. The normalized spacial score (nSPS) is 15.2. The molecule has 2 N–H and O–H groups in total. The van der Waals surface area contributed by atoms with E-state index < -0.39 is 0 Å². The SMILES string of the molecule is CC(C)CN(CCOc1ccccc1CN)C1CC1. The molecule has 0 amide bonds. The molecule has 0 aromatic heterocycles. The molecule has 3 heteroatoms. The van der Waals surface area contributed by atoms with Gasteiger partial charge in [0.25, 0.3) is 0 Å². The fourth-order valence-corrected chi connectivity index (χ4v) is 2.42. The molecular formula is C16H26N2O. The summed E-state index contributed by atoms with van der Waals surface area (Å²) in [6.07, 6.45) is 2.71. The van der Waals surface area contributed by atoms with Crippen molar-refractivity contribution in [3.8, 4) is 5.75 Å². The van der Waals surface area contributed by atoms with Crippen LogP contribution in [-0.4, -0.2) is 30.6 Å². The molecule has 0 spiro atoms. The minimum absolute atomic E-state index is 0.536. The van der Waals surface area contributed by atoms with Gasteiger partial charge in [-0.2, -0.15) is 0 Å². The van der Waals surface area contributed by atoms with E-state index in [1.54, 1.807) is 0 Å². The highest BCUT2D eigenvalue weighted by Gasteiger charge is 2.28. The van der Waals surface area contributed by atoms with Crippen LogP contribution >= 0.6 is 0 Å². The molecule has 3 nitrogen and oxygen atoms in total. The third-order valence-electron chi connectivity index (χ3n) is 3.49. The Kier molecular flexibility index (Phi) is 5.23. The minimum Gasteiger partial charge on any atom is -0.492 e. The van der Waals surface area contributed by atoms with E-state index in [0.717, 1.165) is 36.4 Å². The van der Waals surface area contributed by atoms with Crippen molar-refractivity contribution in [3.05, 3.63) is 29.8 Å². The van der Waals surface area contributed by atoms with Crippen LogP contribution in [0.5, 0.6) is 5.75 Å². The van der Waals surface area contributed by atoms with Gasteiger partial charge >= 0.3 is 0 Å². The zero-order valence-corrected chi connectivity index (χ0v) is 12.1. The maximum atomic E-state index is 5.90. The molecule has 1 aromatic rings. The van der Waals surface area contributed by atoms with Crippen molar-refractivity contribution in [2.45, 2.75) is 39.3 Å². The maximum absolute atomic E-state index is 5.90. The van der Waals surface area contributed by atoms with Crippen LogP contribution in [-0.2, 0) is 6.54 Å². The van der Waals surface area contributed by atoms with Crippen LogP contribution in [0.25, 0.3) is 0 Å². The van der Waals surface area contributed by atoms with Crippen LogP contribution in [0.1, 0.15) is 32.3 Å². The highest BCUT2D eigenvalue weighted by molar-refractivity contribution is 5.32. The van der Waals surface area contributed by atoms with E-state index in [9.17, 15) is 0 Å². The van der Waals surface area contributed by atoms with E-state index >= 15 is 0 Å². The average Bonchev–Trinajstić information content (AvgIpc) is 3.22. The van der Waals surface area contributed by atoms with E-state index in [1.165, 1.54) is 19.4 Å². The monoisotopic (exact) mass is 262 g/mol. The van der Waals surface area contributed by atoms with Crippen LogP contribution in [0.2, 0.25) is 0 Å². The van der Waals surface area contributed by atoms with Crippen LogP contribution in [0.4, 0.5) is 0 Å². The smallest absolute Gasteiger partial charge is 0.123 e. The molecule has 1 aliphatic carbocycles. The average molecular weight is 262 g/mol. The summed E-state index contributed by atoms with van der Waals surface area (Å²) in [7, 11) is 0. The van der Waals surface area contributed by atoms with E-state index in [2.05, 4.69) is 18.7 Å². The first-order valence-electron chi connectivity index (χ1n) is 7.35. The summed E-state index contributed by atoms with van der Waals surface area (Å²) in [5.74, 6) is 1.65. The van der Waals surface area contributed by atoms with Gasteiger partial charge in [-0.3, -0.25) is 4.90 Å². The molecule has 1 fully saturated rings. The molecule has 0 atom stereocenters. The number of nitrogens with zero attached hydrogens (tertiary/aromatic N) is 1. The third-order valence-corrected chi connectivity index (χ3v) is 3.49. The van der Waals surface area contributed by atoms with Crippen LogP contribution in [0, 0.1) is 5.92 Å². The van der Waals surface area contributed by atoms with Gasteiger partial charge in [0.15, 0.2) is 0 Å². The van der Waals surface area contributed by atoms with Crippen LogP contribution < -0.4 is 10.5 Å². The van der Waals surface area contributed by atoms with E-state index in [1.807, 2.05) is 24.3 Å². The lowest BCUT2D eigenvalue weighted by atomic mass is 10.2. The van der Waals surface area contributed by atoms with Gasteiger partial charge in [-0.25, -0.2) is 0 Å². The summed E-state index contributed by atoms with van der Waals surface area (Å²) in [4.78, 5) is 2.57. The summed E-state index contributed by atoms with van der Waals surface area (Å²) >= 11 is 0. The number of rotatable bonds is 8. The lowest BCUT2D eigenvalue weighted by Crippen LogP contribution is -2.33. The van der Waals surface area contributed by atoms with Crippen molar-refractivity contribution < 1.29 is 4.74 Å². The quantitative estimate of drug-likeness (QED) is 0.782. The molecule has 0 unspecified atom stereocenters. The Balaban J connectivity index is 1.81. The topological polar surface area (TPSA) is 38.5 Å². The van der Waals surface area contributed by atoms with Gasteiger partial charge in [0.1, 0.15) is 12.4 Å². The molecule has 1 saturated carbocycles. The first-order valence-corrected chi connectivity index (χ1v) is 7.35. The Labute approximate surface area is 116 Å². The predicted octanol–water partition coefficient (Wildman–Crippen LogP) is 2.64. The molecule has 19 heavy (non-hydrogen) atoms. The highest BCUT2D eigenvalue weighted by atomic mass is 16.5. The van der Waals surface area contributed by atoms with Crippen molar-refractivity contribution in [3.63, 3.8) is 0 Å². The Morgan fingerprint density at radius 3 is 2.68 bits per heavy atom. The van der Waals surface area contributed by atoms with E-state index in [-0.39, 0.29) is 0 Å². The Hall–Kier alpha value is -1.06. The molecule has 0 bridgehead atoms. The number of benzene rings is 1. The summed E-state index contributed by atoms with van der Waals surface area (Å²) in [5, 5.41) is 0. The fraction of sp³-hybridized carbons (Fsp3) is 0.625. The largest absolute Gasteiger partial charge is 0.492 e. The molecule has 1 aliphatic rings. The van der Waals surface area contributed by atoms with Crippen molar-refractivity contribution in [2.24, 2.45) is 11.7 Å². The molecule has 0 heterocycles. The first-order chi connectivity index (χ1) is 9.20. The van der Waals surface area contributed by atoms with Gasteiger partial charge in [-0.1, -0.05) is 32.0 Å². The van der Waals surface area contributed by atoms with Gasteiger partial charge in [0.2, 0.25) is 0 Å². The lowest BCUT2D eigenvalue weighted by molar-refractivity contribution is 0.185. The standard InChI is InChI=1S/C16H26N2O/c1-13(2)12-18(15-7-8-15)9-10-19-16-6-4-3-5-14(16)11-17/h3-6,13,15H,7-12,17H2,1-2H3. The maximum Gasteiger partial charge on any atom is 0.123 e. The summed E-state index contributed by atoms with van der Waals surface area (Å²) in [6.45, 7) is 8.03. The Morgan fingerprint density at radius 2 is 2.05 bits per heavy atom. The Morgan fingerprint density at radius 1 is 1.32 bits per heavy atom. The van der Waals surface area contributed by atoms with E-state index in [0.29, 0.717) is 6.54 Å². The summed E-state index contributed by atoms with van der Waals surface area (Å²) < 4.78 is 5.90. The van der Waals surface area contributed by atoms with Gasteiger partial charge in [0.05, 0.1) is 0 Å². The van der Waals surface area contributed by atoms with E-state index in [4.69, 9.17) is 10.5 Å². The number of ether oxygens (including phenoxy) is 1. The van der Waals surface area contributed by atoms with Crippen molar-refractivity contribution in [1.29, 1.82) is 0 Å². The molecule has 106 valence electrons. The van der Waals surface area contributed by atoms with Crippen molar-refractivity contribution >= 4 is 0 Å². The van der Waals surface area contributed by atoms with Crippen LogP contribution in [0.3, 0.4) is 0 Å². The number of para-hydroxylation sites is 1. The van der Waals surface area contributed by atoms with Gasteiger partial charge in [0, 0.05) is 31.2 Å². The number of hydrogen-bond donors (Lipinski definition) is 1. The molecule has 0 aliphatic heterocycles. The second kappa shape index (κ2) is 6.92. The van der Waals surface area contributed by atoms with Crippen molar-refractivity contribution in [1.82, 2.24) is 4.90 Å². The van der Waals surface area contributed by atoms with Gasteiger partial charge < -0.3 is 10.5 Å². The zero-order chi connectivity index (χ0) is 13.7. The lowest BCUT2D eigenvalue weighted by Gasteiger charge is -2.24. The van der Waals surface area contributed by atoms with Gasteiger partial charge in [-0.15, -0.1) is 0 Å². The molecule has 1 aromatic carbocycles. The number of hydrogen-bond acceptors (Lipinski definition) is 3. The minimum atomic E-state index is 0.536. The molecular weight excluding hydrogens is 236 g/mol. The molecule has 0 saturated heterocycles. The van der Waals surface area contributed by atoms with Crippen LogP contribution in [0.15, 0.2) is 24.3 Å². The number of nitrogens with two attached hydrogens (primary N) is 1. The summed E-state index contributed by atoms with van der Waals surface area (Å²) in [6, 6.07) is 8.84. The summed E-state index contributed by atoms with van der Waals surface area (Å²) in [5.41, 5.74) is 6.80. The fourth-order valence-electron chi connectivity index (χ4n) is 2.42. The highest BCUT2D eigenvalue weighted by Crippen LogP contribution is 2.27. The second-order valence-electron chi connectivity index (χ2n) is 5.78. The molecule has 0 radical (unpaired) electrons. The first kappa shape index (κ1) is 14.4. The second-order valence-corrected chi connectivity index (χ2v) is 5.78. The third kappa shape index (κ3) is 4.51. The zero-order valence-electron chi connectivity index (χ0n) is 12.1.